The van der Waals surface area contributed by atoms with Crippen LogP contribution in [-0.4, -0.2) is 30.6 Å². The number of hydrogen-bond acceptors (Lipinski definition) is 2. The molecule has 0 spiro atoms. The van der Waals surface area contributed by atoms with Crippen LogP contribution in [0.5, 0.6) is 0 Å². The molecule has 0 N–H and O–H groups in total. The van der Waals surface area contributed by atoms with E-state index in [0.29, 0.717) is 12.3 Å². The largest absolute Gasteiger partial charge is 0.214 e. The van der Waals surface area contributed by atoms with Gasteiger partial charge in [0.2, 0.25) is 10.0 Å². The standard InChI is InChI=1S/C11H23NO2S/c1-10(2,3)9-11(4,5)12-7-6-8-15(12,13)14/h6-9H2,1-5H3. The van der Waals surface area contributed by atoms with E-state index >= 15 is 0 Å². The third-order valence-electron chi connectivity index (χ3n) is 2.74. The zero-order valence-electron chi connectivity index (χ0n) is 10.5. The summed E-state index contributed by atoms with van der Waals surface area (Å²) in [5, 5.41) is 0. The van der Waals surface area contributed by atoms with Crippen LogP contribution in [0.3, 0.4) is 0 Å². The van der Waals surface area contributed by atoms with E-state index in [4.69, 9.17) is 0 Å². The van der Waals surface area contributed by atoms with Gasteiger partial charge in [-0.3, -0.25) is 0 Å². The van der Waals surface area contributed by atoms with Gasteiger partial charge in [0.05, 0.1) is 5.75 Å². The maximum atomic E-state index is 11.8. The first-order valence-corrected chi connectivity index (χ1v) is 7.16. The molecule has 0 atom stereocenters. The lowest BCUT2D eigenvalue weighted by molar-refractivity contribution is 0.163. The van der Waals surface area contributed by atoms with Gasteiger partial charge in [0.15, 0.2) is 0 Å². The van der Waals surface area contributed by atoms with Gasteiger partial charge < -0.3 is 0 Å². The van der Waals surface area contributed by atoms with Crippen molar-refractivity contribution in [1.29, 1.82) is 0 Å². The molecule has 0 aromatic rings. The van der Waals surface area contributed by atoms with Crippen LogP contribution in [0.15, 0.2) is 0 Å². The van der Waals surface area contributed by atoms with Crippen molar-refractivity contribution >= 4 is 10.0 Å². The average Bonchev–Trinajstić information content (AvgIpc) is 2.23. The van der Waals surface area contributed by atoms with Crippen molar-refractivity contribution in [3.8, 4) is 0 Å². The summed E-state index contributed by atoms with van der Waals surface area (Å²) in [5.74, 6) is 0.320. The Morgan fingerprint density at radius 2 is 1.67 bits per heavy atom. The van der Waals surface area contributed by atoms with Gasteiger partial charge in [0.25, 0.3) is 0 Å². The number of rotatable bonds is 2. The first-order valence-electron chi connectivity index (χ1n) is 5.55. The fraction of sp³-hybridized carbons (Fsp3) is 1.00. The van der Waals surface area contributed by atoms with Gasteiger partial charge in [0.1, 0.15) is 0 Å². The topological polar surface area (TPSA) is 37.4 Å². The van der Waals surface area contributed by atoms with Crippen LogP contribution in [0.25, 0.3) is 0 Å². The number of hydrogen-bond donors (Lipinski definition) is 0. The summed E-state index contributed by atoms with van der Waals surface area (Å²) in [6.45, 7) is 11.2. The lowest BCUT2D eigenvalue weighted by atomic mass is 9.82. The maximum absolute atomic E-state index is 11.8. The van der Waals surface area contributed by atoms with Crippen LogP contribution in [-0.2, 0) is 10.0 Å². The first-order chi connectivity index (χ1) is 6.55. The van der Waals surface area contributed by atoms with Crippen molar-refractivity contribution in [2.24, 2.45) is 5.41 Å². The van der Waals surface area contributed by atoms with Crippen LogP contribution < -0.4 is 0 Å². The summed E-state index contributed by atoms with van der Waals surface area (Å²) in [5.41, 5.74) is -0.102. The molecule has 1 saturated heterocycles. The van der Waals surface area contributed by atoms with E-state index in [0.717, 1.165) is 12.8 Å². The Morgan fingerprint density at radius 1 is 1.13 bits per heavy atom. The van der Waals surface area contributed by atoms with Gasteiger partial charge in [-0.1, -0.05) is 20.8 Å². The first kappa shape index (κ1) is 13.0. The predicted molar refractivity (Wildman–Crippen MR) is 63.3 cm³/mol. The Labute approximate surface area is 93.9 Å². The molecule has 1 aliphatic rings. The predicted octanol–water partition coefficient (Wildman–Crippen LogP) is 2.24. The molecule has 0 aromatic heterocycles. The van der Waals surface area contributed by atoms with Crippen LogP contribution in [0.2, 0.25) is 0 Å². The average molecular weight is 233 g/mol. The number of nitrogens with zero attached hydrogens (tertiary/aromatic N) is 1. The highest BCUT2D eigenvalue weighted by Gasteiger charge is 2.41. The molecule has 0 aliphatic carbocycles. The van der Waals surface area contributed by atoms with Crippen molar-refractivity contribution in [3.63, 3.8) is 0 Å². The molecule has 1 aliphatic heterocycles. The second-order valence-electron chi connectivity index (χ2n) is 6.29. The molecule has 0 saturated carbocycles. The van der Waals surface area contributed by atoms with E-state index < -0.39 is 10.0 Å². The summed E-state index contributed by atoms with van der Waals surface area (Å²) >= 11 is 0. The second kappa shape index (κ2) is 3.74. The Hall–Kier alpha value is -0.0900. The molecule has 3 nitrogen and oxygen atoms in total. The molecule has 1 fully saturated rings. The Morgan fingerprint density at radius 3 is 2.00 bits per heavy atom. The van der Waals surface area contributed by atoms with E-state index in [1.807, 2.05) is 13.8 Å². The minimum atomic E-state index is -2.98. The highest BCUT2D eigenvalue weighted by atomic mass is 32.2. The molecule has 4 heteroatoms. The third kappa shape index (κ3) is 3.18. The molecule has 1 heterocycles. The second-order valence-corrected chi connectivity index (χ2v) is 8.30. The Bertz CT molecular complexity index is 325. The van der Waals surface area contributed by atoms with Gasteiger partial charge in [-0.15, -0.1) is 0 Å². The molecule has 0 amide bonds. The summed E-state index contributed by atoms with van der Waals surface area (Å²) in [6.07, 6.45) is 1.66. The molecular weight excluding hydrogens is 210 g/mol. The van der Waals surface area contributed by atoms with Crippen LogP contribution in [0.1, 0.15) is 47.5 Å². The zero-order valence-corrected chi connectivity index (χ0v) is 11.3. The molecule has 0 radical (unpaired) electrons. The molecule has 15 heavy (non-hydrogen) atoms. The summed E-state index contributed by atoms with van der Waals surface area (Å²) in [4.78, 5) is 0. The van der Waals surface area contributed by atoms with Crippen molar-refractivity contribution in [2.45, 2.75) is 53.0 Å². The van der Waals surface area contributed by atoms with E-state index in [-0.39, 0.29) is 11.0 Å². The van der Waals surface area contributed by atoms with E-state index in [1.54, 1.807) is 4.31 Å². The molecule has 1 rings (SSSR count). The van der Waals surface area contributed by atoms with E-state index in [1.165, 1.54) is 0 Å². The van der Waals surface area contributed by atoms with Gasteiger partial charge in [-0.2, -0.15) is 4.31 Å². The fourth-order valence-corrected chi connectivity index (χ4v) is 4.64. The van der Waals surface area contributed by atoms with Crippen LogP contribution in [0.4, 0.5) is 0 Å². The molecule has 0 bridgehead atoms. The molecule has 0 aromatic carbocycles. The van der Waals surface area contributed by atoms with Crippen LogP contribution in [0, 0.1) is 5.41 Å². The molecule has 90 valence electrons. The van der Waals surface area contributed by atoms with Crippen molar-refractivity contribution in [3.05, 3.63) is 0 Å². The van der Waals surface area contributed by atoms with Crippen LogP contribution >= 0.6 is 0 Å². The molecule has 0 unspecified atom stereocenters. The minimum Gasteiger partial charge on any atom is -0.212 e. The summed E-state index contributed by atoms with van der Waals surface area (Å²) in [6, 6.07) is 0. The lowest BCUT2D eigenvalue weighted by Gasteiger charge is -2.38. The quantitative estimate of drug-likeness (QED) is 0.733. The van der Waals surface area contributed by atoms with Crippen molar-refractivity contribution in [2.75, 3.05) is 12.3 Å². The monoisotopic (exact) mass is 233 g/mol. The van der Waals surface area contributed by atoms with Gasteiger partial charge in [0, 0.05) is 12.1 Å². The highest BCUT2D eigenvalue weighted by molar-refractivity contribution is 7.89. The Balaban J connectivity index is 2.87. The van der Waals surface area contributed by atoms with Crippen molar-refractivity contribution in [1.82, 2.24) is 4.31 Å². The minimum absolute atomic E-state index is 0.154. The highest BCUT2D eigenvalue weighted by Crippen LogP contribution is 2.34. The van der Waals surface area contributed by atoms with Gasteiger partial charge >= 0.3 is 0 Å². The number of sulfonamides is 1. The van der Waals surface area contributed by atoms with Gasteiger partial charge in [-0.25, -0.2) is 8.42 Å². The lowest BCUT2D eigenvalue weighted by Crippen LogP contribution is -2.46. The van der Waals surface area contributed by atoms with Gasteiger partial charge in [-0.05, 0) is 32.1 Å². The van der Waals surface area contributed by atoms with Crippen molar-refractivity contribution < 1.29 is 8.42 Å². The maximum Gasteiger partial charge on any atom is 0.214 e. The van der Waals surface area contributed by atoms with E-state index in [9.17, 15) is 8.42 Å². The summed E-state index contributed by atoms with van der Waals surface area (Å²) < 4.78 is 25.3. The Kier molecular flexibility index (Phi) is 3.23. The fourth-order valence-electron chi connectivity index (χ4n) is 2.71. The van der Waals surface area contributed by atoms with E-state index in [2.05, 4.69) is 20.8 Å². The zero-order chi connectivity index (χ0) is 11.9. The third-order valence-corrected chi connectivity index (χ3v) is 4.89. The molecular formula is C11H23NO2S. The summed E-state index contributed by atoms with van der Waals surface area (Å²) in [7, 11) is -2.98. The SMILES string of the molecule is CC(C)(C)CC(C)(C)N1CCCS1(=O)=O. The normalized spacial score (nSPS) is 23.3. The smallest absolute Gasteiger partial charge is 0.212 e.